The van der Waals surface area contributed by atoms with Crippen molar-refractivity contribution >= 4 is 0 Å². The average Bonchev–Trinajstić information content (AvgIpc) is 2.16. The Morgan fingerprint density at radius 1 is 1.36 bits per heavy atom. The molecule has 0 aromatic heterocycles. The zero-order chi connectivity index (χ0) is 10.6. The third-order valence-corrected chi connectivity index (χ3v) is 2.26. The van der Waals surface area contributed by atoms with Crippen LogP contribution in [0.25, 0.3) is 0 Å². The quantitative estimate of drug-likeness (QED) is 0.792. The second-order valence-corrected chi connectivity index (χ2v) is 3.48. The Balaban J connectivity index is 2.78. The van der Waals surface area contributed by atoms with Crippen molar-refractivity contribution in [1.82, 2.24) is 0 Å². The lowest BCUT2D eigenvalue weighted by molar-refractivity contribution is 0.149. The second kappa shape index (κ2) is 5.05. The molecule has 0 saturated carbocycles. The van der Waals surface area contributed by atoms with E-state index in [1.165, 1.54) is 0 Å². The first-order chi connectivity index (χ1) is 6.63. The van der Waals surface area contributed by atoms with Gasteiger partial charge in [-0.3, -0.25) is 0 Å². The molecule has 0 aliphatic rings. The summed E-state index contributed by atoms with van der Waals surface area (Å²) in [6.07, 6.45) is -2.45. The fraction of sp³-hybridized carbons (Fsp3) is 0.455. The molecule has 0 bridgehead atoms. The molecule has 0 heterocycles. The monoisotopic (exact) mass is 199 g/mol. The Hall–Kier alpha value is -0.960. The molecule has 0 aliphatic heterocycles. The highest BCUT2D eigenvalue weighted by molar-refractivity contribution is 5.26. The molecule has 0 fully saturated rings. The lowest BCUT2D eigenvalue weighted by Gasteiger charge is -2.10. The van der Waals surface area contributed by atoms with Crippen LogP contribution < -0.4 is 5.73 Å². The molecule has 0 amide bonds. The van der Waals surface area contributed by atoms with Crippen LogP contribution in [0.2, 0.25) is 0 Å². The Morgan fingerprint density at radius 2 is 2.07 bits per heavy atom. The lowest BCUT2D eigenvalue weighted by Crippen LogP contribution is -2.09. The summed E-state index contributed by atoms with van der Waals surface area (Å²) in [5.74, 6) is 0.229. The molecular weight excluding hydrogens is 184 g/mol. The van der Waals surface area contributed by atoms with Crippen LogP contribution >= 0.6 is 0 Å². The van der Waals surface area contributed by atoms with Gasteiger partial charge in [-0.2, -0.15) is 0 Å². The van der Waals surface area contributed by atoms with Crippen LogP contribution in [0.4, 0.5) is 8.78 Å². The van der Waals surface area contributed by atoms with Crippen LogP contribution in [0, 0.1) is 0 Å². The van der Waals surface area contributed by atoms with Crippen LogP contribution in [0.5, 0.6) is 0 Å². The SMILES string of the molecule is CC(CN)c1cccc(CC(F)F)c1. The summed E-state index contributed by atoms with van der Waals surface area (Å²) >= 11 is 0. The van der Waals surface area contributed by atoms with E-state index in [4.69, 9.17) is 5.73 Å². The zero-order valence-corrected chi connectivity index (χ0v) is 8.21. The summed E-state index contributed by atoms with van der Waals surface area (Å²) < 4.78 is 24.2. The van der Waals surface area contributed by atoms with E-state index in [0.717, 1.165) is 5.56 Å². The normalized spacial score (nSPS) is 13.2. The molecule has 0 radical (unpaired) electrons. The topological polar surface area (TPSA) is 26.0 Å². The minimum absolute atomic E-state index is 0.175. The lowest BCUT2D eigenvalue weighted by atomic mass is 9.98. The standard InChI is InChI=1S/C11H15F2N/c1-8(7-14)10-4-2-3-9(5-10)6-11(12)13/h2-5,8,11H,6-7,14H2,1H3. The van der Waals surface area contributed by atoms with Gasteiger partial charge in [0.05, 0.1) is 0 Å². The van der Waals surface area contributed by atoms with Crippen LogP contribution in [0.3, 0.4) is 0 Å². The highest BCUT2D eigenvalue weighted by Crippen LogP contribution is 2.17. The van der Waals surface area contributed by atoms with Crippen molar-refractivity contribution in [2.24, 2.45) is 5.73 Å². The van der Waals surface area contributed by atoms with Crippen molar-refractivity contribution in [1.29, 1.82) is 0 Å². The fourth-order valence-corrected chi connectivity index (χ4v) is 1.34. The van der Waals surface area contributed by atoms with Crippen LogP contribution in [0.1, 0.15) is 24.0 Å². The van der Waals surface area contributed by atoms with Crippen LogP contribution in [-0.2, 0) is 6.42 Å². The Morgan fingerprint density at radius 3 is 2.64 bits per heavy atom. The van der Waals surface area contributed by atoms with Crippen LogP contribution in [0.15, 0.2) is 24.3 Å². The van der Waals surface area contributed by atoms with E-state index >= 15 is 0 Å². The van der Waals surface area contributed by atoms with Crippen molar-refractivity contribution in [3.63, 3.8) is 0 Å². The summed E-state index contributed by atoms with van der Waals surface area (Å²) in [6, 6.07) is 7.26. The van der Waals surface area contributed by atoms with Crippen molar-refractivity contribution in [2.75, 3.05) is 6.54 Å². The number of hydrogen-bond donors (Lipinski definition) is 1. The van der Waals surface area contributed by atoms with E-state index in [1.807, 2.05) is 19.1 Å². The highest BCUT2D eigenvalue weighted by Gasteiger charge is 2.07. The van der Waals surface area contributed by atoms with Gasteiger partial charge in [-0.1, -0.05) is 31.2 Å². The predicted octanol–water partition coefficient (Wildman–Crippen LogP) is 2.56. The van der Waals surface area contributed by atoms with Crippen molar-refractivity contribution in [3.05, 3.63) is 35.4 Å². The van der Waals surface area contributed by atoms with Gasteiger partial charge in [0.2, 0.25) is 6.43 Å². The maximum atomic E-state index is 12.1. The molecule has 1 atom stereocenters. The molecule has 2 N–H and O–H groups in total. The van der Waals surface area contributed by atoms with Gasteiger partial charge in [0, 0.05) is 6.42 Å². The van der Waals surface area contributed by atoms with Gasteiger partial charge in [0.1, 0.15) is 0 Å². The van der Waals surface area contributed by atoms with E-state index in [-0.39, 0.29) is 12.3 Å². The number of rotatable bonds is 4. The van der Waals surface area contributed by atoms with Gasteiger partial charge in [0.15, 0.2) is 0 Å². The number of halogens is 2. The first-order valence-corrected chi connectivity index (χ1v) is 4.70. The number of alkyl halides is 2. The summed E-state index contributed by atoms with van der Waals surface area (Å²) in [4.78, 5) is 0. The summed E-state index contributed by atoms with van der Waals surface area (Å²) in [5, 5.41) is 0. The molecule has 0 aliphatic carbocycles. The summed E-state index contributed by atoms with van der Waals surface area (Å²) in [5.41, 5.74) is 7.22. The third kappa shape index (κ3) is 3.07. The highest BCUT2D eigenvalue weighted by atomic mass is 19.3. The molecule has 14 heavy (non-hydrogen) atoms. The Kier molecular flexibility index (Phi) is 4.01. The fourth-order valence-electron chi connectivity index (χ4n) is 1.34. The number of nitrogens with two attached hydrogens (primary N) is 1. The first kappa shape index (κ1) is 11.1. The minimum atomic E-state index is -2.28. The minimum Gasteiger partial charge on any atom is -0.330 e. The molecule has 1 aromatic rings. The third-order valence-electron chi connectivity index (χ3n) is 2.26. The number of hydrogen-bond acceptors (Lipinski definition) is 1. The van der Waals surface area contributed by atoms with Gasteiger partial charge in [-0.05, 0) is 23.6 Å². The Labute approximate surface area is 82.9 Å². The molecule has 1 nitrogen and oxygen atoms in total. The van der Waals surface area contributed by atoms with E-state index in [9.17, 15) is 8.78 Å². The molecule has 1 aromatic carbocycles. The Bertz CT molecular complexity index is 286. The van der Waals surface area contributed by atoms with Crippen LogP contribution in [-0.4, -0.2) is 13.0 Å². The molecule has 3 heteroatoms. The molecule has 1 rings (SSSR count). The van der Waals surface area contributed by atoms with Gasteiger partial charge in [-0.15, -0.1) is 0 Å². The summed E-state index contributed by atoms with van der Waals surface area (Å²) in [6.45, 7) is 2.53. The van der Waals surface area contributed by atoms with Gasteiger partial charge in [0.25, 0.3) is 0 Å². The van der Waals surface area contributed by atoms with Gasteiger partial charge < -0.3 is 5.73 Å². The van der Waals surface area contributed by atoms with Gasteiger partial charge >= 0.3 is 0 Å². The molecule has 78 valence electrons. The maximum absolute atomic E-state index is 12.1. The smallest absolute Gasteiger partial charge is 0.242 e. The summed E-state index contributed by atoms with van der Waals surface area (Å²) in [7, 11) is 0. The van der Waals surface area contributed by atoms with E-state index in [1.54, 1.807) is 12.1 Å². The van der Waals surface area contributed by atoms with Gasteiger partial charge in [-0.25, -0.2) is 8.78 Å². The van der Waals surface area contributed by atoms with Crippen molar-refractivity contribution in [3.8, 4) is 0 Å². The molecular formula is C11H15F2N. The van der Waals surface area contributed by atoms with E-state index in [2.05, 4.69) is 0 Å². The molecule has 0 saturated heterocycles. The second-order valence-electron chi connectivity index (χ2n) is 3.48. The largest absolute Gasteiger partial charge is 0.330 e. The zero-order valence-electron chi connectivity index (χ0n) is 8.21. The van der Waals surface area contributed by atoms with E-state index < -0.39 is 6.43 Å². The van der Waals surface area contributed by atoms with Crippen molar-refractivity contribution in [2.45, 2.75) is 25.7 Å². The number of benzene rings is 1. The maximum Gasteiger partial charge on any atom is 0.242 e. The first-order valence-electron chi connectivity index (χ1n) is 4.70. The molecule has 1 unspecified atom stereocenters. The predicted molar refractivity (Wildman–Crippen MR) is 53.6 cm³/mol. The van der Waals surface area contributed by atoms with Crippen molar-refractivity contribution < 1.29 is 8.78 Å². The molecule has 0 spiro atoms. The van der Waals surface area contributed by atoms with E-state index in [0.29, 0.717) is 12.1 Å². The average molecular weight is 199 g/mol.